The van der Waals surface area contributed by atoms with E-state index in [0.717, 1.165) is 18.4 Å². The van der Waals surface area contributed by atoms with Crippen LogP contribution >= 0.6 is 11.6 Å². The fourth-order valence-corrected chi connectivity index (χ4v) is 3.74. The van der Waals surface area contributed by atoms with Crippen molar-refractivity contribution in [1.29, 1.82) is 0 Å². The molecule has 1 saturated carbocycles. The lowest BCUT2D eigenvalue weighted by Crippen LogP contribution is -2.15. The van der Waals surface area contributed by atoms with Crippen molar-refractivity contribution in [1.82, 2.24) is 9.97 Å². The molecule has 4 rings (SSSR count). The van der Waals surface area contributed by atoms with Gasteiger partial charge < -0.3 is 5.32 Å². The van der Waals surface area contributed by atoms with Crippen molar-refractivity contribution in [2.45, 2.75) is 26.7 Å². The number of nitrogens with one attached hydrogen (secondary N) is 1. The Morgan fingerprint density at radius 2 is 2.15 bits per heavy atom. The number of aryl methyl sites for hydroxylation is 1. The van der Waals surface area contributed by atoms with Gasteiger partial charge in [0, 0.05) is 41.0 Å². The van der Waals surface area contributed by atoms with Gasteiger partial charge in [0.05, 0.1) is 5.02 Å². The normalized spacial score (nSPS) is 18.5. The summed E-state index contributed by atoms with van der Waals surface area (Å²) in [5.74, 6) is 0.478. The van der Waals surface area contributed by atoms with Gasteiger partial charge in [-0.15, -0.1) is 0 Å². The predicted molar refractivity (Wildman–Crippen MR) is 105 cm³/mol. The first-order valence-electron chi connectivity index (χ1n) is 8.99. The number of anilines is 1. The molecule has 138 valence electrons. The van der Waals surface area contributed by atoms with Gasteiger partial charge >= 0.3 is 0 Å². The molecule has 0 bridgehead atoms. The van der Waals surface area contributed by atoms with Crippen molar-refractivity contribution in [3.8, 4) is 11.1 Å². The average molecular weight is 384 g/mol. The largest absolute Gasteiger partial charge is 0.310 e. The molecule has 1 aliphatic rings. The molecule has 1 fully saturated rings. The van der Waals surface area contributed by atoms with Crippen LogP contribution in [0.25, 0.3) is 21.9 Å². The zero-order chi connectivity index (χ0) is 19.1. The molecular weight excluding hydrogens is 365 g/mol. The third kappa shape index (κ3) is 3.28. The summed E-state index contributed by atoms with van der Waals surface area (Å²) in [7, 11) is 0. The fraction of sp³-hybridized carbons (Fsp3) is 0.286. The van der Waals surface area contributed by atoms with Gasteiger partial charge in [-0.2, -0.15) is 0 Å². The van der Waals surface area contributed by atoms with Crippen LogP contribution < -0.4 is 5.32 Å². The molecular formula is C21H19ClFN3O. The highest BCUT2D eigenvalue weighted by atomic mass is 35.5. The van der Waals surface area contributed by atoms with Gasteiger partial charge in [0.25, 0.3) is 0 Å². The molecule has 1 amide bonds. The Morgan fingerprint density at radius 3 is 2.85 bits per heavy atom. The lowest BCUT2D eigenvalue weighted by Gasteiger charge is -2.12. The summed E-state index contributed by atoms with van der Waals surface area (Å²) in [6, 6.07) is 5.28. The Bertz CT molecular complexity index is 1050. The van der Waals surface area contributed by atoms with Crippen molar-refractivity contribution in [3.05, 3.63) is 53.2 Å². The van der Waals surface area contributed by atoms with E-state index in [9.17, 15) is 9.18 Å². The molecule has 1 N–H and O–H groups in total. The van der Waals surface area contributed by atoms with Crippen LogP contribution in [0.4, 0.5) is 10.2 Å². The maximum Gasteiger partial charge on any atom is 0.228 e. The number of halogens is 2. The number of amides is 1. The van der Waals surface area contributed by atoms with E-state index >= 15 is 0 Å². The third-order valence-corrected chi connectivity index (χ3v) is 5.64. The van der Waals surface area contributed by atoms with E-state index in [1.807, 2.05) is 13.0 Å². The Kier molecular flexibility index (Phi) is 4.56. The number of carbonyl (C=O) groups is 1. The molecule has 0 aliphatic heterocycles. The van der Waals surface area contributed by atoms with Crippen LogP contribution in [-0.4, -0.2) is 15.9 Å². The number of rotatable bonds is 4. The van der Waals surface area contributed by atoms with Crippen LogP contribution in [0.5, 0.6) is 0 Å². The molecule has 1 aliphatic carbocycles. The Morgan fingerprint density at radius 1 is 1.33 bits per heavy atom. The second-order valence-electron chi connectivity index (χ2n) is 7.03. The minimum atomic E-state index is -0.498. The molecule has 4 nitrogen and oxygen atoms in total. The third-order valence-electron chi connectivity index (χ3n) is 5.27. The summed E-state index contributed by atoms with van der Waals surface area (Å²) >= 11 is 6.27. The predicted octanol–water partition coefficient (Wildman–Crippen LogP) is 5.38. The average Bonchev–Trinajstić information content (AvgIpc) is 3.45. The SMILES string of the molecule is CC[C@H]1C[C@H]1C(=O)Nc1cc2cc(-c3cnccc3C)c(F)c(Cl)c2cn1. The van der Waals surface area contributed by atoms with E-state index in [1.165, 1.54) is 6.20 Å². The highest BCUT2D eigenvalue weighted by molar-refractivity contribution is 6.36. The molecule has 0 spiro atoms. The summed E-state index contributed by atoms with van der Waals surface area (Å²) in [6.45, 7) is 3.98. The number of hydrogen-bond acceptors (Lipinski definition) is 3. The van der Waals surface area contributed by atoms with Gasteiger partial charge in [0.1, 0.15) is 11.6 Å². The molecule has 0 saturated heterocycles. The van der Waals surface area contributed by atoms with Crippen LogP contribution in [-0.2, 0) is 4.79 Å². The minimum absolute atomic E-state index is 0.00904. The van der Waals surface area contributed by atoms with E-state index in [4.69, 9.17) is 11.6 Å². The van der Waals surface area contributed by atoms with Crippen LogP contribution in [0.3, 0.4) is 0 Å². The zero-order valence-electron chi connectivity index (χ0n) is 15.1. The van der Waals surface area contributed by atoms with Gasteiger partial charge in [-0.25, -0.2) is 9.37 Å². The number of fused-ring (bicyclic) bond motifs is 1. The van der Waals surface area contributed by atoms with Gasteiger partial charge in [-0.1, -0.05) is 24.9 Å². The molecule has 2 aromatic heterocycles. The number of aromatic nitrogens is 2. The summed E-state index contributed by atoms with van der Waals surface area (Å²) in [4.78, 5) is 20.6. The van der Waals surface area contributed by atoms with Crippen LogP contribution in [0.2, 0.25) is 5.02 Å². The Labute approximate surface area is 161 Å². The van der Waals surface area contributed by atoms with E-state index < -0.39 is 5.82 Å². The second-order valence-corrected chi connectivity index (χ2v) is 7.41. The standard InChI is InChI=1S/C21H19ClFN3O/c1-3-12-6-14(12)21(27)26-18-8-13-7-15(16-9-24-5-4-11(16)2)20(23)19(22)17(13)10-25-18/h4-5,7-10,12,14H,3,6H2,1-2H3,(H,25,26,27)/t12-,14+/m0/s1. The summed E-state index contributed by atoms with van der Waals surface area (Å²) in [5, 5.41) is 4.11. The van der Waals surface area contributed by atoms with Crippen LogP contribution in [0.1, 0.15) is 25.3 Å². The topological polar surface area (TPSA) is 54.9 Å². The number of benzene rings is 1. The lowest BCUT2D eigenvalue weighted by atomic mass is 9.99. The van der Waals surface area contributed by atoms with Crippen molar-refractivity contribution < 1.29 is 9.18 Å². The number of nitrogens with zero attached hydrogens (tertiary/aromatic N) is 2. The van der Waals surface area contributed by atoms with Gasteiger partial charge in [-0.3, -0.25) is 9.78 Å². The van der Waals surface area contributed by atoms with E-state index in [2.05, 4.69) is 22.2 Å². The summed E-state index contributed by atoms with van der Waals surface area (Å²) < 4.78 is 14.8. The molecule has 27 heavy (non-hydrogen) atoms. The zero-order valence-corrected chi connectivity index (χ0v) is 15.8. The molecule has 1 aromatic carbocycles. The lowest BCUT2D eigenvalue weighted by molar-refractivity contribution is -0.117. The quantitative estimate of drug-likeness (QED) is 0.657. The number of pyridine rings is 2. The first kappa shape index (κ1) is 17.9. The van der Waals surface area contributed by atoms with Gasteiger partial charge in [0.15, 0.2) is 0 Å². The molecule has 0 unspecified atom stereocenters. The van der Waals surface area contributed by atoms with Crippen molar-refractivity contribution >= 4 is 34.1 Å². The smallest absolute Gasteiger partial charge is 0.228 e. The minimum Gasteiger partial charge on any atom is -0.310 e. The summed E-state index contributed by atoms with van der Waals surface area (Å²) in [6.07, 6.45) is 6.72. The molecule has 3 aromatic rings. The maximum absolute atomic E-state index is 14.8. The monoisotopic (exact) mass is 383 g/mol. The Hall–Kier alpha value is -2.53. The number of carbonyl (C=O) groups excluding carboxylic acids is 1. The highest BCUT2D eigenvalue weighted by Gasteiger charge is 2.41. The molecule has 2 atom stereocenters. The maximum atomic E-state index is 14.8. The van der Waals surface area contributed by atoms with Crippen LogP contribution in [0, 0.1) is 24.6 Å². The van der Waals surface area contributed by atoms with Gasteiger partial charge in [-0.05, 0) is 48.4 Å². The van der Waals surface area contributed by atoms with E-state index in [0.29, 0.717) is 33.6 Å². The fourth-order valence-electron chi connectivity index (χ4n) is 3.48. The first-order chi connectivity index (χ1) is 13.0. The molecule has 2 heterocycles. The van der Waals surface area contributed by atoms with Crippen molar-refractivity contribution in [2.75, 3.05) is 5.32 Å². The highest BCUT2D eigenvalue weighted by Crippen LogP contribution is 2.42. The second kappa shape index (κ2) is 6.89. The molecule has 0 radical (unpaired) electrons. The van der Waals surface area contributed by atoms with Crippen molar-refractivity contribution in [3.63, 3.8) is 0 Å². The van der Waals surface area contributed by atoms with Gasteiger partial charge in [0.2, 0.25) is 5.91 Å². The van der Waals surface area contributed by atoms with Crippen LogP contribution in [0.15, 0.2) is 36.8 Å². The van der Waals surface area contributed by atoms with Crippen molar-refractivity contribution in [2.24, 2.45) is 11.8 Å². The molecule has 6 heteroatoms. The Balaban J connectivity index is 1.73. The summed E-state index contributed by atoms with van der Waals surface area (Å²) in [5.41, 5.74) is 1.97. The number of hydrogen-bond donors (Lipinski definition) is 1. The van der Waals surface area contributed by atoms with E-state index in [1.54, 1.807) is 24.5 Å². The first-order valence-corrected chi connectivity index (χ1v) is 9.37. The van der Waals surface area contributed by atoms with E-state index in [-0.39, 0.29) is 16.8 Å².